The summed E-state index contributed by atoms with van der Waals surface area (Å²) >= 11 is 8.05. The fourth-order valence-corrected chi connectivity index (χ4v) is 4.32. The maximum atomic E-state index is 12.5. The molecule has 112 valence electrons. The molecule has 3 N–H and O–H groups in total. The molecule has 0 amide bonds. The first-order chi connectivity index (χ1) is 9.74. The van der Waals surface area contributed by atoms with Gasteiger partial charge in [-0.15, -0.1) is 5.10 Å². The van der Waals surface area contributed by atoms with Crippen molar-refractivity contribution in [1.29, 1.82) is 0 Å². The van der Waals surface area contributed by atoms with Crippen molar-refractivity contribution < 1.29 is 8.42 Å². The van der Waals surface area contributed by atoms with Gasteiger partial charge in [0.15, 0.2) is 4.60 Å². The lowest BCUT2D eigenvalue weighted by Crippen LogP contribution is -2.21. The Balaban J connectivity index is 2.53. The van der Waals surface area contributed by atoms with E-state index < -0.39 is 10.0 Å². The molecule has 0 saturated carbocycles. The fourth-order valence-electron chi connectivity index (χ4n) is 1.88. The number of anilines is 1. The molecule has 10 heteroatoms. The van der Waals surface area contributed by atoms with Gasteiger partial charge in [-0.2, -0.15) is 8.42 Å². The highest BCUT2D eigenvalue weighted by Gasteiger charge is 2.25. The Morgan fingerprint density at radius 1 is 1.48 bits per heavy atom. The van der Waals surface area contributed by atoms with Crippen LogP contribution in [0.4, 0.5) is 5.69 Å². The molecule has 0 unspecified atom stereocenters. The quantitative estimate of drug-likeness (QED) is 0.764. The number of halogens is 1. The molecule has 0 bridgehead atoms. The topological polar surface area (TPSA) is 103 Å². The van der Waals surface area contributed by atoms with Gasteiger partial charge < -0.3 is 5.73 Å². The molecule has 7 nitrogen and oxygen atoms in total. The predicted octanol–water partition coefficient (Wildman–Crippen LogP) is 1.32. The minimum absolute atomic E-state index is 0.0853. The standard InChI is InChI=1S/C11H12BrN5O2S2/c1-6-4-3-5-7(8(6)10(13)20)15-21(18,19)11-9(12)14-16-17(11)2/h3-5,15H,1-2H3,(H2,13,20). The molecular formula is C11H12BrN5O2S2. The van der Waals surface area contributed by atoms with Crippen LogP contribution in [0.3, 0.4) is 0 Å². The minimum Gasteiger partial charge on any atom is -0.389 e. The van der Waals surface area contributed by atoms with E-state index in [1.54, 1.807) is 25.1 Å². The molecule has 0 aliphatic rings. The van der Waals surface area contributed by atoms with Crippen LogP contribution in [0.15, 0.2) is 27.8 Å². The summed E-state index contributed by atoms with van der Waals surface area (Å²) < 4.78 is 28.7. The minimum atomic E-state index is -3.88. The molecule has 0 aliphatic carbocycles. The van der Waals surface area contributed by atoms with Gasteiger partial charge in [-0.25, -0.2) is 4.68 Å². The molecule has 0 spiro atoms. The maximum Gasteiger partial charge on any atom is 0.281 e. The molecule has 2 rings (SSSR count). The van der Waals surface area contributed by atoms with Crippen LogP contribution in [0.25, 0.3) is 0 Å². The van der Waals surface area contributed by atoms with Crippen LogP contribution >= 0.6 is 28.1 Å². The van der Waals surface area contributed by atoms with Crippen molar-refractivity contribution in [2.45, 2.75) is 11.9 Å². The van der Waals surface area contributed by atoms with Crippen molar-refractivity contribution in [1.82, 2.24) is 15.0 Å². The fraction of sp³-hybridized carbons (Fsp3) is 0.182. The SMILES string of the molecule is Cc1cccc(NS(=O)(=O)c2c(Br)nnn2C)c1C(N)=S. The van der Waals surface area contributed by atoms with Crippen molar-refractivity contribution >= 4 is 48.8 Å². The van der Waals surface area contributed by atoms with Gasteiger partial charge in [0.2, 0.25) is 5.03 Å². The average molecular weight is 390 g/mol. The average Bonchev–Trinajstić information content (AvgIpc) is 2.68. The largest absolute Gasteiger partial charge is 0.389 e. The second kappa shape index (κ2) is 5.70. The summed E-state index contributed by atoms with van der Waals surface area (Å²) in [6, 6.07) is 5.11. The molecule has 0 aliphatic heterocycles. The van der Waals surface area contributed by atoms with Crippen LogP contribution in [-0.2, 0) is 17.1 Å². The van der Waals surface area contributed by atoms with Gasteiger partial charge in [-0.3, -0.25) is 4.72 Å². The van der Waals surface area contributed by atoms with E-state index in [0.29, 0.717) is 11.3 Å². The second-order valence-corrected chi connectivity index (χ2v) is 7.06. The van der Waals surface area contributed by atoms with Crippen LogP contribution in [0.5, 0.6) is 0 Å². The first-order valence-corrected chi connectivity index (χ1v) is 8.40. The lowest BCUT2D eigenvalue weighted by atomic mass is 10.1. The predicted molar refractivity (Wildman–Crippen MR) is 86.6 cm³/mol. The van der Waals surface area contributed by atoms with Crippen molar-refractivity contribution in [2.75, 3.05) is 4.72 Å². The Kier molecular flexibility index (Phi) is 4.30. The molecule has 21 heavy (non-hydrogen) atoms. The number of nitrogens with one attached hydrogen (secondary N) is 1. The number of nitrogens with two attached hydrogens (primary N) is 1. The van der Waals surface area contributed by atoms with E-state index in [0.717, 1.165) is 10.2 Å². The van der Waals surface area contributed by atoms with Crippen molar-refractivity contribution in [3.05, 3.63) is 33.9 Å². The van der Waals surface area contributed by atoms with Gasteiger partial charge in [0, 0.05) is 12.6 Å². The summed E-state index contributed by atoms with van der Waals surface area (Å²) in [7, 11) is -2.40. The molecular weight excluding hydrogens is 378 g/mol. The zero-order valence-electron chi connectivity index (χ0n) is 11.2. The van der Waals surface area contributed by atoms with Crippen LogP contribution < -0.4 is 10.5 Å². The molecule has 0 saturated heterocycles. The van der Waals surface area contributed by atoms with Crippen LogP contribution in [0.1, 0.15) is 11.1 Å². The first kappa shape index (κ1) is 15.9. The van der Waals surface area contributed by atoms with E-state index in [-0.39, 0.29) is 14.6 Å². The van der Waals surface area contributed by atoms with Gasteiger partial charge in [-0.05, 0) is 34.5 Å². The van der Waals surface area contributed by atoms with Gasteiger partial charge in [0.25, 0.3) is 10.0 Å². The van der Waals surface area contributed by atoms with E-state index in [4.69, 9.17) is 18.0 Å². The van der Waals surface area contributed by atoms with Crippen LogP contribution in [0.2, 0.25) is 0 Å². The highest BCUT2D eigenvalue weighted by Crippen LogP contribution is 2.25. The third-order valence-corrected chi connectivity index (χ3v) is 5.21. The number of nitrogens with zero attached hydrogens (tertiary/aromatic N) is 3. The molecule has 1 aromatic heterocycles. The Hall–Kier alpha value is -1.52. The van der Waals surface area contributed by atoms with E-state index in [2.05, 4.69) is 31.0 Å². The van der Waals surface area contributed by atoms with Crippen LogP contribution in [-0.4, -0.2) is 28.4 Å². The third-order valence-electron chi connectivity index (χ3n) is 2.76. The summed E-state index contributed by atoms with van der Waals surface area (Å²) in [4.78, 5) is 0.119. The van der Waals surface area contributed by atoms with Crippen molar-refractivity contribution in [3.63, 3.8) is 0 Å². The zero-order chi connectivity index (χ0) is 15.8. The van der Waals surface area contributed by atoms with Gasteiger partial charge >= 0.3 is 0 Å². The molecule has 0 radical (unpaired) electrons. The summed E-state index contributed by atoms with van der Waals surface area (Å²) in [5.41, 5.74) is 7.26. The van der Waals surface area contributed by atoms with E-state index in [1.807, 2.05) is 0 Å². The number of aromatic nitrogens is 3. The van der Waals surface area contributed by atoms with Gasteiger partial charge in [0.05, 0.1) is 5.69 Å². The Labute approximate surface area is 135 Å². The Morgan fingerprint density at radius 2 is 2.14 bits per heavy atom. The third kappa shape index (κ3) is 3.06. The Bertz CT molecular complexity index is 797. The van der Waals surface area contributed by atoms with Crippen molar-refractivity contribution in [3.8, 4) is 0 Å². The van der Waals surface area contributed by atoms with Gasteiger partial charge in [0.1, 0.15) is 4.99 Å². The number of rotatable bonds is 4. The summed E-state index contributed by atoms with van der Waals surface area (Å²) in [6.45, 7) is 1.80. The van der Waals surface area contributed by atoms with E-state index >= 15 is 0 Å². The highest BCUT2D eigenvalue weighted by molar-refractivity contribution is 9.10. The van der Waals surface area contributed by atoms with Crippen molar-refractivity contribution in [2.24, 2.45) is 12.8 Å². The number of sulfonamides is 1. The number of benzene rings is 1. The number of hydrogen-bond acceptors (Lipinski definition) is 5. The maximum absolute atomic E-state index is 12.5. The second-order valence-electron chi connectivity index (χ2n) is 4.28. The number of aryl methyl sites for hydroxylation is 2. The summed E-state index contributed by atoms with van der Waals surface area (Å²) in [5, 5.41) is 7.22. The summed E-state index contributed by atoms with van der Waals surface area (Å²) in [5.74, 6) is 0. The zero-order valence-corrected chi connectivity index (χ0v) is 14.4. The van der Waals surface area contributed by atoms with E-state index in [9.17, 15) is 8.42 Å². The monoisotopic (exact) mass is 389 g/mol. The smallest absolute Gasteiger partial charge is 0.281 e. The molecule has 1 heterocycles. The molecule has 0 atom stereocenters. The lowest BCUT2D eigenvalue weighted by molar-refractivity contribution is 0.578. The molecule has 2 aromatic rings. The normalized spacial score (nSPS) is 11.4. The highest BCUT2D eigenvalue weighted by atomic mass is 79.9. The molecule has 0 fully saturated rings. The van der Waals surface area contributed by atoms with Crippen LogP contribution in [0, 0.1) is 6.92 Å². The molecule has 1 aromatic carbocycles. The van der Waals surface area contributed by atoms with Gasteiger partial charge in [-0.1, -0.05) is 29.6 Å². The Morgan fingerprint density at radius 3 is 2.67 bits per heavy atom. The summed E-state index contributed by atoms with van der Waals surface area (Å²) in [6.07, 6.45) is 0. The lowest BCUT2D eigenvalue weighted by Gasteiger charge is -2.13. The number of hydrogen-bond donors (Lipinski definition) is 2. The van der Waals surface area contributed by atoms with E-state index in [1.165, 1.54) is 7.05 Å². The number of thiocarbonyl (C=S) groups is 1. The first-order valence-electron chi connectivity index (χ1n) is 5.71.